The number of aliphatic imine (C=N–C) groups is 1. The van der Waals surface area contributed by atoms with Crippen LogP contribution in [-0.2, 0) is 0 Å². The molecule has 0 aliphatic carbocycles. The van der Waals surface area contributed by atoms with Crippen LogP contribution in [0.1, 0.15) is 18.1 Å². The van der Waals surface area contributed by atoms with Crippen LogP contribution >= 0.6 is 23.1 Å². The number of hydrogen-bond donors (Lipinski definition) is 0. The van der Waals surface area contributed by atoms with Gasteiger partial charge in [-0.3, -0.25) is 0 Å². The third kappa shape index (κ3) is 4.73. The first-order valence-corrected chi connectivity index (χ1v) is 10.4. The van der Waals surface area contributed by atoms with E-state index in [1.807, 2.05) is 56.1 Å². The molecule has 0 saturated heterocycles. The Labute approximate surface area is 185 Å². The molecule has 0 aliphatic rings. The number of ether oxygens (including phenoxy) is 2. The fourth-order valence-corrected chi connectivity index (χ4v) is 3.52. The number of benzene rings is 2. The predicted octanol–water partition coefficient (Wildman–Crippen LogP) is 6.06. The van der Waals surface area contributed by atoms with Gasteiger partial charge in [0.05, 0.1) is 24.2 Å². The number of aromatic nitrogens is 1. The standard InChI is InChI=1S/C22H21ClN4O2S/c1-5-27(3)13-25-19-11-18(23)20(10-14(19)2)29-22-17(12-24)21(26-30-22)15-6-8-16(28-4)9-7-15/h6-11,13H,5H2,1-4H3. The van der Waals surface area contributed by atoms with Crippen molar-refractivity contribution in [2.75, 3.05) is 20.7 Å². The number of hydrogen-bond acceptors (Lipinski definition) is 6. The van der Waals surface area contributed by atoms with E-state index in [1.165, 1.54) is 0 Å². The molecule has 0 amide bonds. The SMILES string of the molecule is CCN(C)C=Nc1cc(Cl)c(Oc2snc(-c3ccc(OC)cc3)c2C#N)cc1C. The smallest absolute Gasteiger partial charge is 0.218 e. The van der Waals surface area contributed by atoms with Gasteiger partial charge in [-0.2, -0.15) is 9.64 Å². The van der Waals surface area contributed by atoms with E-state index in [4.69, 9.17) is 21.1 Å². The van der Waals surface area contributed by atoms with Crippen molar-refractivity contribution in [1.82, 2.24) is 9.27 Å². The molecule has 3 rings (SSSR count). The van der Waals surface area contributed by atoms with Crippen molar-refractivity contribution in [3.63, 3.8) is 0 Å². The number of methoxy groups -OCH3 is 1. The van der Waals surface area contributed by atoms with Crippen molar-refractivity contribution in [3.8, 4) is 33.9 Å². The number of aryl methyl sites for hydroxylation is 1. The monoisotopic (exact) mass is 440 g/mol. The van der Waals surface area contributed by atoms with Gasteiger partial charge < -0.3 is 14.4 Å². The quantitative estimate of drug-likeness (QED) is 0.330. The summed E-state index contributed by atoms with van der Waals surface area (Å²) in [6.07, 6.45) is 1.76. The molecule has 1 heterocycles. The van der Waals surface area contributed by atoms with Crippen molar-refractivity contribution in [2.45, 2.75) is 13.8 Å². The van der Waals surface area contributed by atoms with Crippen molar-refractivity contribution < 1.29 is 9.47 Å². The van der Waals surface area contributed by atoms with Crippen LogP contribution in [0.25, 0.3) is 11.3 Å². The highest BCUT2D eigenvalue weighted by atomic mass is 35.5. The summed E-state index contributed by atoms with van der Waals surface area (Å²) >= 11 is 7.54. The van der Waals surface area contributed by atoms with Crippen LogP contribution in [0.3, 0.4) is 0 Å². The van der Waals surface area contributed by atoms with E-state index in [9.17, 15) is 5.26 Å². The molecule has 0 spiro atoms. The minimum Gasteiger partial charge on any atom is -0.497 e. The summed E-state index contributed by atoms with van der Waals surface area (Å²) in [5.41, 5.74) is 3.41. The third-order valence-corrected chi connectivity index (χ3v) is 5.50. The molecular weight excluding hydrogens is 420 g/mol. The van der Waals surface area contributed by atoms with Gasteiger partial charge in [0.2, 0.25) is 5.06 Å². The van der Waals surface area contributed by atoms with E-state index in [-0.39, 0.29) is 0 Å². The summed E-state index contributed by atoms with van der Waals surface area (Å²) in [6.45, 7) is 4.84. The third-order valence-electron chi connectivity index (χ3n) is 4.48. The molecule has 154 valence electrons. The average Bonchev–Trinajstić information content (AvgIpc) is 3.17. The first-order chi connectivity index (χ1) is 14.5. The number of rotatable bonds is 7. The molecule has 30 heavy (non-hydrogen) atoms. The Morgan fingerprint density at radius 2 is 2.03 bits per heavy atom. The van der Waals surface area contributed by atoms with Gasteiger partial charge in [-0.15, -0.1) is 0 Å². The van der Waals surface area contributed by atoms with Crippen molar-refractivity contribution in [3.05, 3.63) is 52.5 Å². The summed E-state index contributed by atoms with van der Waals surface area (Å²) < 4.78 is 15.6. The Bertz CT molecular complexity index is 1100. The molecule has 0 N–H and O–H groups in total. The number of nitriles is 1. The molecule has 1 aromatic heterocycles. The summed E-state index contributed by atoms with van der Waals surface area (Å²) in [5, 5.41) is 10.5. The van der Waals surface area contributed by atoms with Gasteiger partial charge in [0.25, 0.3) is 0 Å². The molecule has 0 saturated carbocycles. The van der Waals surface area contributed by atoms with Gasteiger partial charge in [0, 0.05) is 30.7 Å². The topological polar surface area (TPSA) is 70.7 Å². The molecule has 8 heteroatoms. The molecule has 2 aromatic carbocycles. The van der Waals surface area contributed by atoms with Crippen LogP contribution in [0.2, 0.25) is 5.02 Å². The van der Waals surface area contributed by atoms with E-state index in [1.54, 1.807) is 19.5 Å². The zero-order chi connectivity index (χ0) is 21.7. The van der Waals surface area contributed by atoms with Crippen molar-refractivity contribution in [2.24, 2.45) is 4.99 Å². The Hall–Kier alpha value is -3.08. The summed E-state index contributed by atoms with van der Waals surface area (Å²) in [7, 11) is 3.56. The molecule has 0 unspecified atom stereocenters. The zero-order valence-electron chi connectivity index (χ0n) is 17.1. The van der Waals surface area contributed by atoms with Crippen LogP contribution in [0, 0.1) is 18.3 Å². The van der Waals surface area contributed by atoms with Crippen LogP contribution in [0.5, 0.6) is 16.6 Å². The van der Waals surface area contributed by atoms with E-state index in [0.717, 1.165) is 40.6 Å². The van der Waals surface area contributed by atoms with E-state index < -0.39 is 0 Å². The van der Waals surface area contributed by atoms with Gasteiger partial charge in [-0.05, 0) is 55.8 Å². The lowest BCUT2D eigenvalue weighted by molar-refractivity contribution is 0.415. The maximum absolute atomic E-state index is 9.70. The minimum absolute atomic E-state index is 0.366. The summed E-state index contributed by atoms with van der Waals surface area (Å²) in [5.74, 6) is 1.19. The highest BCUT2D eigenvalue weighted by molar-refractivity contribution is 7.08. The van der Waals surface area contributed by atoms with Crippen molar-refractivity contribution in [1.29, 1.82) is 5.26 Å². The first-order valence-electron chi connectivity index (χ1n) is 9.23. The van der Waals surface area contributed by atoms with Crippen LogP contribution < -0.4 is 9.47 Å². The van der Waals surface area contributed by atoms with Gasteiger partial charge in [-0.1, -0.05) is 11.6 Å². The second kappa shape index (κ2) is 9.61. The maximum atomic E-state index is 9.70. The fourth-order valence-electron chi connectivity index (χ4n) is 2.59. The molecule has 0 radical (unpaired) electrons. The van der Waals surface area contributed by atoms with Gasteiger partial charge in [-0.25, -0.2) is 4.99 Å². The Balaban J connectivity index is 1.89. The highest BCUT2D eigenvalue weighted by Gasteiger charge is 2.19. The van der Waals surface area contributed by atoms with Gasteiger partial charge in [0.1, 0.15) is 28.8 Å². The first kappa shape index (κ1) is 21.6. The Morgan fingerprint density at radius 3 is 2.67 bits per heavy atom. The fraction of sp³-hybridized carbons (Fsp3) is 0.227. The molecule has 0 fully saturated rings. The maximum Gasteiger partial charge on any atom is 0.218 e. The summed E-state index contributed by atoms with van der Waals surface area (Å²) in [6, 6.07) is 13.1. The Morgan fingerprint density at radius 1 is 1.30 bits per heavy atom. The molecule has 3 aromatic rings. The Kier molecular flexibility index (Phi) is 6.93. The zero-order valence-corrected chi connectivity index (χ0v) is 18.7. The van der Waals surface area contributed by atoms with E-state index in [0.29, 0.717) is 27.1 Å². The molecule has 0 bridgehead atoms. The number of halogens is 1. The summed E-state index contributed by atoms with van der Waals surface area (Å²) in [4.78, 5) is 6.43. The minimum atomic E-state index is 0.366. The number of nitrogens with zero attached hydrogens (tertiary/aromatic N) is 4. The lowest BCUT2D eigenvalue weighted by atomic mass is 10.1. The van der Waals surface area contributed by atoms with E-state index in [2.05, 4.69) is 15.4 Å². The molecule has 6 nitrogen and oxygen atoms in total. The lowest BCUT2D eigenvalue weighted by Crippen LogP contribution is -2.14. The second-order valence-electron chi connectivity index (χ2n) is 6.52. The average molecular weight is 441 g/mol. The van der Waals surface area contributed by atoms with Crippen molar-refractivity contribution >= 4 is 35.2 Å². The molecule has 0 aliphatic heterocycles. The van der Waals surface area contributed by atoms with Crippen LogP contribution in [-0.4, -0.2) is 36.3 Å². The van der Waals surface area contributed by atoms with E-state index >= 15 is 0 Å². The normalized spacial score (nSPS) is 10.8. The van der Waals surface area contributed by atoms with Gasteiger partial charge >= 0.3 is 0 Å². The predicted molar refractivity (Wildman–Crippen MR) is 122 cm³/mol. The van der Waals surface area contributed by atoms with Crippen LogP contribution in [0.15, 0.2) is 41.4 Å². The van der Waals surface area contributed by atoms with Gasteiger partial charge in [0.15, 0.2) is 0 Å². The lowest BCUT2D eigenvalue weighted by Gasteiger charge is -2.11. The second-order valence-corrected chi connectivity index (χ2v) is 7.67. The highest BCUT2D eigenvalue weighted by Crippen LogP contribution is 2.40. The molecular formula is C22H21ClN4O2S. The largest absolute Gasteiger partial charge is 0.497 e. The molecule has 0 atom stereocenters. The van der Waals surface area contributed by atoms with Crippen LogP contribution in [0.4, 0.5) is 5.69 Å².